The molecule has 152 valence electrons. The van der Waals surface area contributed by atoms with E-state index in [1.54, 1.807) is 26.1 Å². The van der Waals surface area contributed by atoms with Crippen molar-refractivity contribution in [1.82, 2.24) is 15.5 Å². The van der Waals surface area contributed by atoms with Crippen LogP contribution < -0.4 is 15.4 Å². The number of likely N-dealkylation sites (N-methyl/N-ethyl adjacent to an activating group) is 1. The molecule has 0 aromatic heterocycles. The Morgan fingerprint density at radius 2 is 2.00 bits per heavy atom. The highest BCUT2D eigenvalue weighted by atomic mass is 19.1. The van der Waals surface area contributed by atoms with Gasteiger partial charge in [0.2, 0.25) is 0 Å². The molecule has 2 aromatic carbocycles. The second-order valence-corrected chi connectivity index (χ2v) is 7.10. The number of guanidine groups is 1. The fourth-order valence-electron chi connectivity index (χ4n) is 2.64. The van der Waals surface area contributed by atoms with Crippen molar-refractivity contribution in [3.8, 4) is 5.75 Å². The van der Waals surface area contributed by atoms with E-state index in [-0.39, 0.29) is 11.9 Å². The highest BCUT2D eigenvalue weighted by molar-refractivity contribution is 5.80. The third-order valence-corrected chi connectivity index (χ3v) is 4.44. The summed E-state index contributed by atoms with van der Waals surface area (Å²) in [4.78, 5) is 6.35. The molecule has 0 aliphatic carbocycles. The van der Waals surface area contributed by atoms with Crippen LogP contribution in [-0.2, 0) is 6.54 Å². The molecular weight excluding hydrogens is 355 g/mol. The van der Waals surface area contributed by atoms with E-state index in [1.807, 2.05) is 51.4 Å². The van der Waals surface area contributed by atoms with Crippen LogP contribution in [0.2, 0.25) is 0 Å². The molecule has 6 heteroatoms. The Morgan fingerprint density at radius 1 is 1.21 bits per heavy atom. The lowest BCUT2D eigenvalue weighted by Crippen LogP contribution is -2.38. The van der Waals surface area contributed by atoms with E-state index in [0.29, 0.717) is 24.7 Å². The third kappa shape index (κ3) is 6.85. The zero-order chi connectivity index (χ0) is 20.5. The van der Waals surface area contributed by atoms with Crippen molar-refractivity contribution in [1.29, 1.82) is 0 Å². The molecule has 5 nitrogen and oxygen atoms in total. The summed E-state index contributed by atoms with van der Waals surface area (Å²) in [5, 5.41) is 6.59. The molecule has 0 saturated carbocycles. The molecule has 0 aliphatic rings. The number of ether oxygens (including phenoxy) is 1. The van der Waals surface area contributed by atoms with Gasteiger partial charge in [0.05, 0.1) is 6.04 Å². The Balaban J connectivity index is 1.90. The topological polar surface area (TPSA) is 48.9 Å². The van der Waals surface area contributed by atoms with Crippen LogP contribution in [0, 0.1) is 12.7 Å². The van der Waals surface area contributed by atoms with Gasteiger partial charge in [0.1, 0.15) is 18.2 Å². The zero-order valence-electron chi connectivity index (χ0n) is 17.4. The minimum Gasteiger partial charge on any atom is -0.492 e. The van der Waals surface area contributed by atoms with Gasteiger partial charge in [-0.15, -0.1) is 0 Å². The monoisotopic (exact) mass is 386 g/mol. The minimum atomic E-state index is -0.194. The molecule has 2 aromatic rings. The summed E-state index contributed by atoms with van der Waals surface area (Å²) < 4.78 is 19.6. The van der Waals surface area contributed by atoms with Crippen molar-refractivity contribution in [2.75, 3.05) is 34.3 Å². The first-order valence-corrected chi connectivity index (χ1v) is 9.48. The summed E-state index contributed by atoms with van der Waals surface area (Å²) in [7, 11) is 5.77. The molecule has 2 rings (SSSR count). The molecule has 0 radical (unpaired) electrons. The van der Waals surface area contributed by atoms with Crippen LogP contribution in [-0.4, -0.2) is 45.2 Å². The van der Waals surface area contributed by atoms with Crippen LogP contribution in [0.15, 0.2) is 47.5 Å². The largest absolute Gasteiger partial charge is 0.492 e. The molecule has 0 heterocycles. The highest BCUT2D eigenvalue weighted by Crippen LogP contribution is 2.16. The number of halogens is 1. The molecular formula is C22H31FN4O. The standard InChI is InChI=1S/C22H31FN4O/c1-16-9-10-19(14-21(16)23)17(2)26-22(24-3)25-15-18-7-6-8-20(13-18)28-12-11-27(4)5/h6-10,13-14,17H,11-12,15H2,1-5H3,(H2,24,25,26). The van der Waals surface area contributed by atoms with E-state index < -0.39 is 0 Å². The summed E-state index contributed by atoms with van der Waals surface area (Å²) in [6, 6.07) is 13.2. The highest BCUT2D eigenvalue weighted by Gasteiger charge is 2.10. The molecule has 1 unspecified atom stereocenters. The van der Waals surface area contributed by atoms with Gasteiger partial charge in [-0.1, -0.05) is 24.3 Å². The van der Waals surface area contributed by atoms with E-state index in [0.717, 1.165) is 23.4 Å². The number of nitrogens with zero attached hydrogens (tertiary/aromatic N) is 2. The molecule has 0 aliphatic heterocycles. The normalized spacial score (nSPS) is 12.8. The average molecular weight is 387 g/mol. The first kappa shape index (κ1) is 21.7. The minimum absolute atomic E-state index is 0.0676. The number of nitrogens with one attached hydrogen (secondary N) is 2. The van der Waals surface area contributed by atoms with Crippen molar-refractivity contribution < 1.29 is 9.13 Å². The molecule has 0 fully saturated rings. The fraction of sp³-hybridized carbons (Fsp3) is 0.409. The molecule has 2 N–H and O–H groups in total. The third-order valence-electron chi connectivity index (χ3n) is 4.44. The van der Waals surface area contributed by atoms with Crippen LogP contribution in [0.4, 0.5) is 4.39 Å². The van der Waals surface area contributed by atoms with Crippen molar-refractivity contribution in [2.24, 2.45) is 4.99 Å². The summed E-state index contributed by atoms with van der Waals surface area (Å²) in [6.07, 6.45) is 0. The van der Waals surface area contributed by atoms with Gasteiger partial charge in [-0.2, -0.15) is 0 Å². The number of hydrogen-bond acceptors (Lipinski definition) is 3. The SMILES string of the molecule is CN=C(NCc1cccc(OCCN(C)C)c1)NC(C)c1ccc(C)c(F)c1. The maximum atomic E-state index is 13.8. The maximum absolute atomic E-state index is 13.8. The second kappa shape index (κ2) is 10.7. The van der Waals surface area contributed by atoms with E-state index >= 15 is 0 Å². The lowest BCUT2D eigenvalue weighted by atomic mass is 10.1. The number of benzene rings is 2. The van der Waals surface area contributed by atoms with Crippen molar-refractivity contribution >= 4 is 5.96 Å². The van der Waals surface area contributed by atoms with Crippen molar-refractivity contribution in [3.63, 3.8) is 0 Å². The Kier molecular flexibility index (Phi) is 8.26. The van der Waals surface area contributed by atoms with Gasteiger partial charge in [0.15, 0.2) is 5.96 Å². The zero-order valence-corrected chi connectivity index (χ0v) is 17.4. The lowest BCUT2D eigenvalue weighted by Gasteiger charge is -2.19. The van der Waals surface area contributed by atoms with E-state index in [1.165, 1.54) is 0 Å². The quantitative estimate of drug-likeness (QED) is 0.539. The molecule has 1 atom stereocenters. The number of rotatable bonds is 8. The Morgan fingerprint density at radius 3 is 2.68 bits per heavy atom. The summed E-state index contributed by atoms with van der Waals surface area (Å²) >= 11 is 0. The number of aryl methyl sites for hydroxylation is 1. The van der Waals surface area contributed by atoms with E-state index in [9.17, 15) is 4.39 Å². The van der Waals surface area contributed by atoms with E-state index in [4.69, 9.17) is 4.74 Å². The van der Waals surface area contributed by atoms with Crippen LogP contribution in [0.1, 0.15) is 29.7 Å². The van der Waals surface area contributed by atoms with Gasteiger partial charge in [0.25, 0.3) is 0 Å². The van der Waals surface area contributed by atoms with Crippen molar-refractivity contribution in [2.45, 2.75) is 26.4 Å². The van der Waals surface area contributed by atoms with Crippen molar-refractivity contribution in [3.05, 3.63) is 65.0 Å². The first-order chi connectivity index (χ1) is 13.4. The molecule has 0 spiro atoms. The lowest BCUT2D eigenvalue weighted by molar-refractivity contribution is 0.261. The summed E-state index contributed by atoms with van der Waals surface area (Å²) in [6.45, 7) is 5.88. The van der Waals surface area contributed by atoms with Gasteiger partial charge in [-0.05, 0) is 62.8 Å². The van der Waals surface area contributed by atoms with Crippen LogP contribution in [0.5, 0.6) is 5.75 Å². The maximum Gasteiger partial charge on any atom is 0.191 e. The van der Waals surface area contributed by atoms with Crippen LogP contribution in [0.25, 0.3) is 0 Å². The first-order valence-electron chi connectivity index (χ1n) is 9.48. The van der Waals surface area contributed by atoms with Gasteiger partial charge in [-0.3, -0.25) is 4.99 Å². The van der Waals surface area contributed by atoms with Gasteiger partial charge in [0, 0.05) is 20.1 Å². The van der Waals surface area contributed by atoms with Gasteiger partial charge < -0.3 is 20.3 Å². The fourth-order valence-corrected chi connectivity index (χ4v) is 2.64. The van der Waals surface area contributed by atoms with Crippen LogP contribution in [0.3, 0.4) is 0 Å². The molecule has 0 saturated heterocycles. The Labute approximate surface area is 167 Å². The molecule has 0 amide bonds. The van der Waals surface area contributed by atoms with Crippen LogP contribution >= 0.6 is 0 Å². The molecule has 0 bridgehead atoms. The smallest absolute Gasteiger partial charge is 0.191 e. The van der Waals surface area contributed by atoms with Gasteiger partial charge in [-0.25, -0.2) is 4.39 Å². The number of hydrogen-bond donors (Lipinski definition) is 2. The number of aliphatic imine (C=N–C) groups is 1. The Bertz CT molecular complexity index is 792. The van der Waals surface area contributed by atoms with Gasteiger partial charge >= 0.3 is 0 Å². The second-order valence-electron chi connectivity index (χ2n) is 7.10. The predicted octanol–water partition coefficient (Wildman–Crippen LogP) is 3.50. The predicted molar refractivity (Wildman–Crippen MR) is 113 cm³/mol. The summed E-state index contributed by atoms with van der Waals surface area (Å²) in [5.41, 5.74) is 2.62. The van der Waals surface area contributed by atoms with E-state index in [2.05, 4.69) is 20.5 Å². The molecule has 28 heavy (non-hydrogen) atoms. The average Bonchev–Trinajstić information content (AvgIpc) is 2.67. The Hall–Kier alpha value is -2.60. The summed E-state index contributed by atoms with van der Waals surface area (Å²) in [5.74, 6) is 1.32.